The van der Waals surface area contributed by atoms with E-state index in [9.17, 15) is 13.2 Å². The topological polar surface area (TPSA) is 72.8 Å². The summed E-state index contributed by atoms with van der Waals surface area (Å²) in [6.45, 7) is 8.73. The maximum absolute atomic E-state index is 11.9. The van der Waals surface area contributed by atoms with Gasteiger partial charge in [0.05, 0.1) is 17.5 Å². The van der Waals surface area contributed by atoms with E-state index in [0.717, 1.165) is 19.1 Å². The van der Waals surface area contributed by atoms with Crippen LogP contribution in [0.3, 0.4) is 0 Å². The second kappa shape index (κ2) is 7.73. The van der Waals surface area contributed by atoms with Crippen LogP contribution in [0.1, 0.15) is 50.9 Å². The highest BCUT2D eigenvalue weighted by Crippen LogP contribution is 2.26. The van der Waals surface area contributed by atoms with Gasteiger partial charge in [-0.2, -0.15) is 8.42 Å². The lowest BCUT2D eigenvalue weighted by Crippen LogP contribution is -2.12. The van der Waals surface area contributed by atoms with Gasteiger partial charge < -0.3 is 4.18 Å². The predicted octanol–water partition coefficient (Wildman–Crippen LogP) is 3.97. The van der Waals surface area contributed by atoms with Crippen LogP contribution >= 0.6 is 0 Å². The molecular weight excluding hydrogens is 314 g/mol. The molecule has 0 N–H and O–H groups in total. The number of carbonyl (C=O) groups is 1. The first-order valence-corrected chi connectivity index (χ1v) is 9.35. The number of para-hydroxylation sites is 1. The number of aliphatic imine (C=N–C) groups is 1. The summed E-state index contributed by atoms with van der Waals surface area (Å²) in [6.07, 6.45) is 4.46. The first-order valence-electron chi connectivity index (χ1n) is 7.53. The molecule has 0 bridgehead atoms. The van der Waals surface area contributed by atoms with Crippen LogP contribution in [-0.4, -0.2) is 26.9 Å². The summed E-state index contributed by atoms with van der Waals surface area (Å²) in [5.74, 6) is -0.447. The molecule has 0 saturated carbocycles. The largest absolute Gasteiger partial charge is 0.355 e. The van der Waals surface area contributed by atoms with Gasteiger partial charge in [-0.25, -0.2) is 4.79 Å². The Morgan fingerprint density at radius 1 is 1.30 bits per heavy atom. The summed E-state index contributed by atoms with van der Waals surface area (Å²) in [7, 11) is -3.84. The summed E-state index contributed by atoms with van der Waals surface area (Å²) >= 11 is 0. The molecule has 6 heteroatoms. The Kier molecular flexibility index (Phi) is 6.50. The maximum Gasteiger partial charge on any atom is 0.355 e. The molecule has 1 unspecified atom stereocenters. The summed E-state index contributed by atoms with van der Waals surface area (Å²) in [5, 5.41) is 0. The Morgan fingerprint density at radius 3 is 2.48 bits per heavy atom. The molecule has 0 aromatic heterocycles. The van der Waals surface area contributed by atoms with Crippen LogP contribution in [0.15, 0.2) is 29.3 Å². The van der Waals surface area contributed by atoms with Crippen molar-refractivity contribution in [2.75, 3.05) is 6.26 Å². The van der Waals surface area contributed by atoms with E-state index in [2.05, 4.69) is 36.9 Å². The molecule has 1 rings (SSSR count). The van der Waals surface area contributed by atoms with Crippen molar-refractivity contribution in [3.05, 3.63) is 29.8 Å². The van der Waals surface area contributed by atoms with Crippen LogP contribution in [0.4, 0.5) is 5.69 Å². The zero-order chi connectivity index (χ0) is 17.7. The highest BCUT2D eigenvalue weighted by atomic mass is 32.2. The van der Waals surface area contributed by atoms with Gasteiger partial charge in [0.25, 0.3) is 0 Å². The van der Waals surface area contributed by atoms with Gasteiger partial charge >= 0.3 is 16.1 Å². The summed E-state index contributed by atoms with van der Waals surface area (Å²) in [4.78, 5) is 16.2. The van der Waals surface area contributed by atoms with Crippen LogP contribution in [0.5, 0.6) is 0 Å². The van der Waals surface area contributed by atoms with Crippen LogP contribution in [0, 0.1) is 11.3 Å². The van der Waals surface area contributed by atoms with Gasteiger partial charge in [0.2, 0.25) is 0 Å². The number of hydrogen-bond donors (Lipinski definition) is 0. The smallest absolute Gasteiger partial charge is 0.341 e. The molecule has 128 valence electrons. The second-order valence-electron chi connectivity index (χ2n) is 7.01. The third-order valence-electron chi connectivity index (χ3n) is 3.05. The number of hydrogen-bond acceptors (Lipinski definition) is 5. The van der Waals surface area contributed by atoms with Gasteiger partial charge in [0, 0.05) is 6.21 Å². The maximum atomic E-state index is 11.9. The Bertz CT molecular complexity index is 672. The summed E-state index contributed by atoms with van der Waals surface area (Å²) < 4.78 is 26.6. The van der Waals surface area contributed by atoms with E-state index in [4.69, 9.17) is 0 Å². The van der Waals surface area contributed by atoms with Crippen molar-refractivity contribution in [3.63, 3.8) is 0 Å². The average Bonchev–Trinajstić information content (AvgIpc) is 2.35. The molecular formula is C17H25NO4S. The summed E-state index contributed by atoms with van der Waals surface area (Å²) in [5.41, 5.74) is 0.798. The van der Waals surface area contributed by atoms with Crippen LogP contribution in [0.2, 0.25) is 0 Å². The lowest BCUT2D eigenvalue weighted by Gasteiger charge is -2.22. The molecule has 0 aliphatic carbocycles. The summed E-state index contributed by atoms with van der Waals surface area (Å²) in [6, 6.07) is 6.53. The number of carbonyl (C=O) groups excluding carboxylic acids is 1. The zero-order valence-electron chi connectivity index (χ0n) is 14.4. The predicted molar refractivity (Wildman–Crippen MR) is 92.7 cm³/mol. The first-order chi connectivity index (χ1) is 10.5. The fourth-order valence-electron chi connectivity index (χ4n) is 2.40. The van der Waals surface area contributed by atoms with Crippen molar-refractivity contribution in [2.45, 2.75) is 40.5 Å². The molecule has 0 radical (unpaired) electrons. The third kappa shape index (κ3) is 7.93. The highest BCUT2D eigenvalue weighted by molar-refractivity contribution is 7.86. The normalized spacial score (nSPS) is 14.0. The average molecular weight is 339 g/mol. The number of benzene rings is 1. The van der Waals surface area contributed by atoms with Gasteiger partial charge in [0.15, 0.2) is 0 Å². The van der Waals surface area contributed by atoms with Crippen molar-refractivity contribution in [2.24, 2.45) is 16.3 Å². The van der Waals surface area contributed by atoms with E-state index in [0.29, 0.717) is 11.6 Å². The fourth-order valence-corrected chi connectivity index (χ4v) is 2.77. The van der Waals surface area contributed by atoms with Crippen molar-refractivity contribution in [3.8, 4) is 0 Å². The highest BCUT2D eigenvalue weighted by Gasteiger charge is 2.17. The van der Waals surface area contributed by atoms with Gasteiger partial charge in [-0.1, -0.05) is 39.8 Å². The minimum atomic E-state index is -3.84. The lowest BCUT2D eigenvalue weighted by atomic mass is 9.84. The molecule has 23 heavy (non-hydrogen) atoms. The SMILES string of the molecule is CC(CC=Nc1ccccc1C(=O)OS(C)(=O)=O)CC(C)(C)C. The van der Waals surface area contributed by atoms with Gasteiger partial charge in [0.1, 0.15) is 0 Å². The monoisotopic (exact) mass is 339 g/mol. The van der Waals surface area contributed by atoms with E-state index in [-0.39, 0.29) is 11.0 Å². The van der Waals surface area contributed by atoms with Crippen molar-refractivity contribution in [1.82, 2.24) is 0 Å². The van der Waals surface area contributed by atoms with E-state index in [1.807, 2.05) is 0 Å². The van der Waals surface area contributed by atoms with E-state index in [1.54, 1.807) is 24.4 Å². The molecule has 1 atom stereocenters. The molecule has 0 fully saturated rings. The van der Waals surface area contributed by atoms with Gasteiger partial charge in [-0.3, -0.25) is 4.99 Å². The van der Waals surface area contributed by atoms with Crippen molar-refractivity contribution in [1.29, 1.82) is 0 Å². The third-order valence-corrected chi connectivity index (χ3v) is 3.50. The van der Waals surface area contributed by atoms with Crippen LogP contribution in [0.25, 0.3) is 0 Å². The van der Waals surface area contributed by atoms with Crippen molar-refractivity contribution < 1.29 is 17.4 Å². The number of nitrogens with zero attached hydrogens (tertiary/aromatic N) is 1. The molecule has 0 aliphatic rings. The molecule has 0 amide bonds. The molecule has 0 spiro atoms. The Labute approximate surface area is 138 Å². The minimum absolute atomic E-state index is 0.137. The fraction of sp³-hybridized carbons (Fsp3) is 0.529. The molecule has 1 aromatic rings. The molecule has 0 heterocycles. The first kappa shape index (κ1) is 19.4. The Balaban J connectivity index is 2.82. The second-order valence-corrected chi connectivity index (χ2v) is 8.58. The quantitative estimate of drug-likeness (QED) is 0.581. The standard InChI is InChI=1S/C17H25NO4S/c1-13(12-17(2,3)4)10-11-18-15-9-7-6-8-14(15)16(19)22-23(5,20)21/h6-9,11,13H,10,12H2,1-5H3. The number of rotatable bonds is 6. The van der Waals surface area contributed by atoms with Gasteiger partial charge in [-0.05, 0) is 36.3 Å². The van der Waals surface area contributed by atoms with E-state index < -0.39 is 16.1 Å². The zero-order valence-corrected chi connectivity index (χ0v) is 15.2. The van der Waals surface area contributed by atoms with E-state index in [1.165, 1.54) is 6.07 Å². The Hall–Kier alpha value is -1.69. The lowest BCUT2D eigenvalue weighted by molar-refractivity contribution is 0.0749. The minimum Gasteiger partial charge on any atom is -0.341 e. The molecule has 0 aliphatic heterocycles. The molecule has 5 nitrogen and oxygen atoms in total. The van der Waals surface area contributed by atoms with Crippen LogP contribution in [-0.2, 0) is 14.3 Å². The van der Waals surface area contributed by atoms with Crippen molar-refractivity contribution >= 4 is 28.0 Å². The van der Waals surface area contributed by atoms with E-state index >= 15 is 0 Å². The Morgan fingerprint density at radius 2 is 1.91 bits per heavy atom. The van der Waals surface area contributed by atoms with Crippen LogP contribution < -0.4 is 0 Å². The molecule has 0 saturated heterocycles. The molecule has 1 aromatic carbocycles. The van der Waals surface area contributed by atoms with Gasteiger partial charge in [-0.15, -0.1) is 0 Å².